The van der Waals surface area contributed by atoms with Crippen LogP contribution in [-0.2, 0) is 0 Å². The van der Waals surface area contributed by atoms with Gasteiger partial charge in [0.1, 0.15) is 0 Å². The Morgan fingerprint density at radius 1 is 0.382 bits per heavy atom. The molecule has 0 bridgehead atoms. The van der Waals surface area contributed by atoms with E-state index in [1.165, 1.54) is 74.9 Å². The molecule has 0 unspecified atom stereocenters. The molecule has 256 valence electrons. The highest BCUT2D eigenvalue weighted by Gasteiger charge is 2.22. The van der Waals surface area contributed by atoms with E-state index < -0.39 is 0 Å². The molecule has 0 aliphatic heterocycles. The van der Waals surface area contributed by atoms with Crippen LogP contribution in [0.1, 0.15) is 0 Å². The monoisotopic (exact) mass is 717 g/mol. The smallest absolute Gasteiger partial charge is 0.0719 e. The maximum Gasteiger partial charge on any atom is 0.0719 e. The first-order valence-corrected chi connectivity index (χ1v) is 19.5. The van der Waals surface area contributed by atoms with Crippen LogP contribution in [0.25, 0.3) is 108 Å². The number of benzene rings is 8. The Hall–Kier alpha value is -7.01. The third-order valence-corrected chi connectivity index (χ3v) is 12.5. The molecule has 0 amide bonds. The van der Waals surface area contributed by atoms with Gasteiger partial charge in [0.25, 0.3) is 0 Å². The number of thiophene rings is 1. The lowest BCUT2D eigenvalue weighted by Gasteiger charge is -2.13. The first-order valence-electron chi connectivity index (χ1n) is 18.7. The van der Waals surface area contributed by atoms with Crippen molar-refractivity contribution in [3.05, 3.63) is 188 Å². The van der Waals surface area contributed by atoms with Gasteiger partial charge < -0.3 is 9.13 Å². The molecule has 0 radical (unpaired) electrons. The Bertz CT molecular complexity index is 3480. The third kappa shape index (κ3) is 4.52. The van der Waals surface area contributed by atoms with Crippen molar-refractivity contribution in [1.82, 2.24) is 14.1 Å². The van der Waals surface area contributed by atoms with Gasteiger partial charge in [0.15, 0.2) is 0 Å². The van der Waals surface area contributed by atoms with Crippen LogP contribution in [0.2, 0.25) is 0 Å². The second kappa shape index (κ2) is 11.7. The van der Waals surface area contributed by atoms with Crippen molar-refractivity contribution in [2.75, 3.05) is 0 Å². The molecular formula is C51H31N3S. The number of hydrogen-bond donors (Lipinski definition) is 0. The predicted molar refractivity (Wildman–Crippen MR) is 234 cm³/mol. The molecule has 0 N–H and O–H groups in total. The second-order valence-electron chi connectivity index (χ2n) is 14.3. The van der Waals surface area contributed by atoms with E-state index in [1.54, 1.807) is 0 Å². The van der Waals surface area contributed by atoms with Crippen LogP contribution in [0.5, 0.6) is 0 Å². The van der Waals surface area contributed by atoms with E-state index in [-0.39, 0.29) is 0 Å². The number of rotatable bonds is 4. The fourth-order valence-corrected chi connectivity index (χ4v) is 10.1. The van der Waals surface area contributed by atoms with Crippen molar-refractivity contribution in [2.24, 2.45) is 0 Å². The molecule has 4 heteroatoms. The molecule has 3 nitrogen and oxygen atoms in total. The summed E-state index contributed by atoms with van der Waals surface area (Å²) in [7, 11) is 0. The number of pyridine rings is 1. The van der Waals surface area contributed by atoms with Gasteiger partial charge in [-0.1, -0.05) is 127 Å². The largest absolute Gasteiger partial charge is 0.309 e. The lowest BCUT2D eigenvalue weighted by atomic mass is 9.98. The summed E-state index contributed by atoms with van der Waals surface area (Å²) in [4.78, 5) is 5.26. The summed E-state index contributed by atoms with van der Waals surface area (Å²) in [5.41, 5.74) is 12.5. The van der Waals surface area contributed by atoms with E-state index in [0.717, 1.165) is 33.5 Å². The van der Waals surface area contributed by atoms with Crippen LogP contribution in [0, 0.1) is 0 Å². The molecule has 0 spiro atoms. The highest BCUT2D eigenvalue weighted by Crippen LogP contribution is 2.45. The number of nitrogens with zero attached hydrogens (tertiary/aromatic N) is 3. The normalized spacial score (nSPS) is 12.0. The summed E-state index contributed by atoms with van der Waals surface area (Å²) in [6.07, 6.45) is 0. The summed E-state index contributed by atoms with van der Waals surface area (Å²) in [6.45, 7) is 0. The molecule has 0 saturated carbocycles. The lowest BCUT2D eigenvalue weighted by molar-refractivity contribution is 1.17. The highest BCUT2D eigenvalue weighted by atomic mass is 32.1. The standard InChI is InChI=1S/C51H31N3S/c1-3-14-32(15-4-1)41-30-45(52-44-23-10-7-20-36(41)44)33-16-13-19-35(28-33)54-48-31-47-42(37-21-8-11-24-46(37)53(47)34-17-5-2-6-18-34)29-43(48)39-26-27-40-38-22-9-12-25-49(38)55-51(40)50(39)54/h1-31H. The zero-order valence-corrected chi connectivity index (χ0v) is 30.5. The number of fused-ring (bicyclic) bond motifs is 11. The third-order valence-electron chi connectivity index (χ3n) is 11.3. The molecule has 0 aliphatic carbocycles. The van der Waals surface area contributed by atoms with Crippen LogP contribution < -0.4 is 0 Å². The van der Waals surface area contributed by atoms with Gasteiger partial charge in [-0.15, -0.1) is 11.3 Å². The minimum Gasteiger partial charge on any atom is -0.309 e. The van der Waals surface area contributed by atoms with Crippen molar-refractivity contribution in [1.29, 1.82) is 0 Å². The average Bonchev–Trinajstić information content (AvgIpc) is 3.90. The minimum absolute atomic E-state index is 0.957. The zero-order valence-electron chi connectivity index (χ0n) is 29.6. The Kier molecular flexibility index (Phi) is 6.50. The van der Waals surface area contributed by atoms with E-state index in [4.69, 9.17) is 4.98 Å². The Morgan fingerprint density at radius 3 is 1.91 bits per heavy atom. The van der Waals surface area contributed by atoms with Gasteiger partial charge in [0.05, 0.1) is 38.0 Å². The maximum absolute atomic E-state index is 5.26. The fraction of sp³-hybridized carbons (Fsp3) is 0. The molecule has 0 aliphatic rings. The number of hydrogen-bond acceptors (Lipinski definition) is 2. The van der Waals surface area contributed by atoms with Gasteiger partial charge in [-0.3, -0.25) is 0 Å². The Balaban J connectivity index is 1.19. The van der Waals surface area contributed by atoms with Crippen LogP contribution >= 0.6 is 11.3 Å². The van der Waals surface area contributed by atoms with Gasteiger partial charge in [-0.25, -0.2) is 4.98 Å². The van der Waals surface area contributed by atoms with Crippen LogP contribution in [0.3, 0.4) is 0 Å². The highest BCUT2D eigenvalue weighted by molar-refractivity contribution is 7.26. The van der Waals surface area contributed by atoms with Crippen LogP contribution in [0.4, 0.5) is 0 Å². The van der Waals surface area contributed by atoms with E-state index in [9.17, 15) is 0 Å². The lowest BCUT2D eigenvalue weighted by Crippen LogP contribution is -1.97. The quantitative estimate of drug-likeness (QED) is 0.178. The van der Waals surface area contributed by atoms with Crippen molar-refractivity contribution in [2.45, 2.75) is 0 Å². The van der Waals surface area contributed by atoms with Crippen molar-refractivity contribution in [3.8, 4) is 33.8 Å². The molecule has 12 aromatic rings. The van der Waals surface area contributed by atoms with E-state index in [2.05, 4.69) is 197 Å². The van der Waals surface area contributed by atoms with Gasteiger partial charge in [-0.05, 0) is 71.8 Å². The summed E-state index contributed by atoms with van der Waals surface area (Å²) >= 11 is 1.89. The SMILES string of the molecule is c1ccc(-c2cc(-c3cccc(-n4c5cc6c(cc5c5ccc7c8ccccc8sc7c54)c4ccccc4n6-c4ccccc4)c3)nc3ccccc23)cc1. The molecule has 0 fully saturated rings. The Morgan fingerprint density at radius 2 is 1.04 bits per heavy atom. The van der Waals surface area contributed by atoms with E-state index in [0.29, 0.717) is 0 Å². The van der Waals surface area contributed by atoms with Crippen LogP contribution in [-0.4, -0.2) is 14.1 Å². The first-order chi connectivity index (χ1) is 27.3. The van der Waals surface area contributed by atoms with Gasteiger partial charge in [0, 0.05) is 59.3 Å². The second-order valence-corrected chi connectivity index (χ2v) is 15.4. The van der Waals surface area contributed by atoms with E-state index in [1.807, 2.05) is 11.3 Å². The molecular weight excluding hydrogens is 687 g/mol. The van der Waals surface area contributed by atoms with E-state index >= 15 is 0 Å². The molecule has 0 saturated heterocycles. The van der Waals surface area contributed by atoms with Crippen LogP contribution in [0.15, 0.2) is 188 Å². The fourth-order valence-electron chi connectivity index (χ4n) is 8.85. The summed E-state index contributed by atoms with van der Waals surface area (Å²) in [6, 6.07) is 68.2. The average molecular weight is 718 g/mol. The topological polar surface area (TPSA) is 22.8 Å². The van der Waals surface area contributed by atoms with Gasteiger partial charge in [0.2, 0.25) is 0 Å². The summed E-state index contributed by atoms with van der Waals surface area (Å²) < 4.78 is 7.53. The number of aromatic nitrogens is 3. The van der Waals surface area contributed by atoms with Gasteiger partial charge >= 0.3 is 0 Å². The molecule has 12 rings (SSSR count). The maximum atomic E-state index is 5.26. The molecule has 55 heavy (non-hydrogen) atoms. The molecule has 4 aromatic heterocycles. The van der Waals surface area contributed by atoms with Crippen molar-refractivity contribution >= 4 is 86.0 Å². The summed E-state index contributed by atoms with van der Waals surface area (Å²) in [5.74, 6) is 0. The summed E-state index contributed by atoms with van der Waals surface area (Å²) in [5, 5.41) is 8.76. The predicted octanol–water partition coefficient (Wildman–Crippen LogP) is 14.1. The Labute approximate surface area is 320 Å². The molecule has 4 heterocycles. The van der Waals surface area contributed by atoms with Gasteiger partial charge in [-0.2, -0.15) is 0 Å². The number of para-hydroxylation sites is 3. The van der Waals surface area contributed by atoms with Crippen molar-refractivity contribution < 1.29 is 0 Å². The molecule has 0 atom stereocenters. The molecule has 8 aromatic carbocycles. The zero-order chi connectivity index (χ0) is 36.0. The minimum atomic E-state index is 0.957. The first kappa shape index (κ1) is 30.5. The van der Waals surface area contributed by atoms with Crippen molar-refractivity contribution in [3.63, 3.8) is 0 Å².